The van der Waals surface area contributed by atoms with E-state index in [1.54, 1.807) is 31.3 Å². The maximum Gasteiger partial charge on any atom is 0.257 e. The minimum Gasteiger partial charge on any atom is -0.372 e. The summed E-state index contributed by atoms with van der Waals surface area (Å²) in [5.74, 6) is 0.522. The maximum absolute atomic E-state index is 12.6. The van der Waals surface area contributed by atoms with Gasteiger partial charge in [-0.05, 0) is 34.5 Å². The van der Waals surface area contributed by atoms with Gasteiger partial charge in [0.2, 0.25) is 0 Å². The van der Waals surface area contributed by atoms with Crippen LogP contribution in [0.15, 0.2) is 41.0 Å². The average molecular weight is 348 g/mol. The van der Waals surface area contributed by atoms with E-state index in [-0.39, 0.29) is 5.91 Å². The van der Waals surface area contributed by atoms with Crippen LogP contribution in [-0.4, -0.2) is 29.9 Å². The predicted octanol–water partition coefficient (Wildman–Crippen LogP) is 3.47. The summed E-state index contributed by atoms with van der Waals surface area (Å²) in [7, 11) is 3.55. The van der Waals surface area contributed by atoms with Crippen molar-refractivity contribution in [3.05, 3.63) is 57.7 Å². The fourth-order valence-corrected chi connectivity index (χ4v) is 2.49. The molecule has 4 nitrogen and oxygen atoms in total. The number of benzene rings is 1. The smallest absolute Gasteiger partial charge is 0.257 e. The van der Waals surface area contributed by atoms with E-state index in [1.165, 1.54) is 5.56 Å². The van der Waals surface area contributed by atoms with Gasteiger partial charge in [-0.15, -0.1) is 0 Å². The van der Waals surface area contributed by atoms with Crippen molar-refractivity contribution in [2.75, 3.05) is 19.4 Å². The Hall–Kier alpha value is -1.88. The second-order valence-corrected chi connectivity index (χ2v) is 5.87. The number of nitrogens with zero attached hydrogens (tertiary/aromatic N) is 2. The van der Waals surface area contributed by atoms with Crippen molar-refractivity contribution in [1.29, 1.82) is 0 Å². The molecule has 0 spiro atoms. The number of halogens is 1. The zero-order chi connectivity index (χ0) is 15.4. The number of pyridine rings is 1. The number of amides is 1. The number of carbonyl (C=O) groups excluding carboxylic acids is 1. The summed E-state index contributed by atoms with van der Waals surface area (Å²) >= 11 is 3.36. The first-order valence-electron chi connectivity index (χ1n) is 6.65. The molecule has 0 radical (unpaired) electrons. The van der Waals surface area contributed by atoms with Crippen LogP contribution in [0.1, 0.15) is 21.5 Å². The second-order valence-electron chi connectivity index (χ2n) is 4.95. The lowest BCUT2D eigenvalue weighted by atomic mass is 10.1. The van der Waals surface area contributed by atoms with E-state index in [4.69, 9.17) is 0 Å². The van der Waals surface area contributed by atoms with E-state index in [9.17, 15) is 4.79 Å². The van der Waals surface area contributed by atoms with Crippen molar-refractivity contribution in [3.63, 3.8) is 0 Å². The summed E-state index contributed by atoms with van der Waals surface area (Å²) in [6.45, 7) is 2.61. The van der Waals surface area contributed by atoms with Gasteiger partial charge in [0.15, 0.2) is 0 Å². The van der Waals surface area contributed by atoms with E-state index in [0.29, 0.717) is 17.9 Å². The number of anilines is 1. The van der Waals surface area contributed by atoms with E-state index >= 15 is 0 Å². The fourth-order valence-electron chi connectivity index (χ4n) is 2.16. The Morgan fingerprint density at radius 2 is 2.14 bits per heavy atom. The molecule has 1 N–H and O–H groups in total. The third-order valence-corrected chi connectivity index (χ3v) is 3.60. The van der Waals surface area contributed by atoms with Crippen LogP contribution in [0.2, 0.25) is 0 Å². The molecule has 2 aromatic rings. The van der Waals surface area contributed by atoms with Gasteiger partial charge in [-0.25, -0.2) is 4.98 Å². The van der Waals surface area contributed by atoms with Crippen LogP contribution in [-0.2, 0) is 6.54 Å². The van der Waals surface area contributed by atoms with Crippen molar-refractivity contribution in [1.82, 2.24) is 9.88 Å². The van der Waals surface area contributed by atoms with Gasteiger partial charge in [-0.1, -0.05) is 29.8 Å². The highest BCUT2D eigenvalue weighted by Gasteiger charge is 2.17. The summed E-state index contributed by atoms with van der Waals surface area (Å²) < 4.78 is 0.786. The topological polar surface area (TPSA) is 45.2 Å². The number of hydrogen-bond donors (Lipinski definition) is 1. The van der Waals surface area contributed by atoms with E-state index in [1.807, 2.05) is 25.1 Å². The van der Waals surface area contributed by atoms with Crippen molar-refractivity contribution >= 4 is 27.7 Å². The Labute approximate surface area is 133 Å². The summed E-state index contributed by atoms with van der Waals surface area (Å²) in [5.41, 5.74) is 2.86. The summed E-state index contributed by atoms with van der Waals surface area (Å²) in [5, 5.41) is 2.95. The van der Waals surface area contributed by atoms with Gasteiger partial charge in [-0.2, -0.15) is 0 Å². The van der Waals surface area contributed by atoms with Gasteiger partial charge in [0.05, 0.1) is 5.56 Å². The predicted molar refractivity (Wildman–Crippen MR) is 88.5 cm³/mol. The molecule has 0 fully saturated rings. The molecule has 1 amide bonds. The number of aromatic nitrogens is 1. The highest BCUT2D eigenvalue weighted by molar-refractivity contribution is 9.10. The molecule has 0 atom stereocenters. The highest BCUT2D eigenvalue weighted by atomic mass is 79.9. The Morgan fingerprint density at radius 1 is 1.38 bits per heavy atom. The van der Waals surface area contributed by atoms with Crippen molar-refractivity contribution < 1.29 is 4.79 Å². The lowest BCUT2D eigenvalue weighted by Crippen LogP contribution is -2.27. The van der Waals surface area contributed by atoms with Crippen molar-refractivity contribution in [2.24, 2.45) is 0 Å². The number of nitrogens with one attached hydrogen (secondary N) is 1. The van der Waals surface area contributed by atoms with Crippen LogP contribution in [0.5, 0.6) is 0 Å². The largest absolute Gasteiger partial charge is 0.372 e. The molecule has 0 unspecified atom stereocenters. The second kappa shape index (κ2) is 6.72. The zero-order valence-corrected chi connectivity index (χ0v) is 13.9. The van der Waals surface area contributed by atoms with Gasteiger partial charge in [0, 0.05) is 31.3 Å². The first kappa shape index (κ1) is 15.5. The molecule has 21 heavy (non-hydrogen) atoms. The Morgan fingerprint density at radius 3 is 2.81 bits per heavy atom. The standard InChI is InChI=1S/C16H18BrN3O/c1-11-5-4-6-12(7-11)10-20(3)16(21)14-8-13(17)9-19-15(14)18-2/h4-9H,10H2,1-3H3,(H,18,19). The van der Waals surface area contributed by atoms with E-state index < -0.39 is 0 Å². The first-order valence-corrected chi connectivity index (χ1v) is 7.45. The SMILES string of the molecule is CNc1ncc(Br)cc1C(=O)N(C)Cc1cccc(C)c1. The quantitative estimate of drug-likeness (QED) is 0.920. The number of rotatable bonds is 4. The Bertz CT molecular complexity index is 658. The van der Waals surface area contributed by atoms with E-state index in [0.717, 1.165) is 10.0 Å². The average Bonchev–Trinajstić information content (AvgIpc) is 2.46. The molecular formula is C16H18BrN3O. The molecule has 1 aromatic heterocycles. The van der Waals surface area contributed by atoms with Crippen LogP contribution in [0.4, 0.5) is 5.82 Å². The maximum atomic E-state index is 12.6. The van der Waals surface area contributed by atoms with Gasteiger partial charge in [-0.3, -0.25) is 4.79 Å². The molecule has 110 valence electrons. The van der Waals surface area contributed by atoms with Crippen LogP contribution >= 0.6 is 15.9 Å². The molecule has 0 aliphatic heterocycles. The molecule has 0 bridgehead atoms. The Balaban J connectivity index is 2.21. The number of hydrogen-bond acceptors (Lipinski definition) is 3. The fraction of sp³-hybridized carbons (Fsp3) is 0.250. The molecule has 0 saturated carbocycles. The third kappa shape index (κ3) is 3.82. The molecular weight excluding hydrogens is 330 g/mol. The first-order chi connectivity index (χ1) is 10.0. The van der Waals surface area contributed by atoms with Gasteiger partial charge >= 0.3 is 0 Å². The van der Waals surface area contributed by atoms with Crippen molar-refractivity contribution in [2.45, 2.75) is 13.5 Å². The molecule has 0 aliphatic carbocycles. The normalized spacial score (nSPS) is 10.3. The van der Waals surface area contributed by atoms with Gasteiger partial charge in [0.1, 0.15) is 5.82 Å². The zero-order valence-electron chi connectivity index (χ0n) is 12.4. The van der Waals surface area contributed by atoms with Gasteiger partial charge in [0.25, 0.3) is 5.91 Å². The third-order valence-electron chi connectivity index (χ3n) is 3.17. The minimum atomic E-state index is -0.0605. The molecule has 0 saturated heterocycles. The van der Waals surface area contributed by atoms with Crippen LogP contribution < -0.4 is 5.32 Å². The monoisotopic (exact) mass is 347 g/mol. The molecule has 1 heterocycles. The lowest BCUT2D eigenvalue weighted by molar-refractivity contribution is 0.0785. The molecule has 1 aromatic carbocycles. The highest BCUT2D eigenvalue weighted by Crippen LogP contribution is 2.20. The summed E-state index contributed by atoms with van der Waals surface area (Å²) in [4.78, 5) is 18.5. The van der Waals surface area contributed by atoms with Crippen molar-refractivity contribution in [3.8, 4) is 0 Å². The lowest BCUT2D eigenvalue weighted by Gasteiger charge is -2.19. The van der Waals surface area contributed by atoms with E-state index in [2.05, 4.69) is 32.3 Å². The number of carbonyl (C=O) groups is 1. The summed E-state index contributed by atoms with van der Waals surface area (Å²) in [6, 6.07) is 9.94. The van der Waals surface area contributed by atoms with Gasteiger partial charge < -0.3 is 10.2 Å². The Kier molecular flexibility index (Phi) is 4.96. The summed E-state index contributed by atoms with van der Waals surface area (Å²) in [6.07, 6.45) is 1.67. The van der Waals surface area contributed by atoms with Crippen LogP contribution in [0.25, 0.3) is 0 Å². The minimum absolute atomic E-state index is 0.0605. The van der Waals surface area contributed by atoms with Crippen LogP contribution in [0.3, 0.4) is 0 Å². The molecule has 5 heteroatoms. The number of aryl methyl sites for hydroxylation is 1. The van der Waals surface area contributed by atoms with Crippen LogP contribution in [0, 0.1) is 6.92 Å². The molecule has 2 rings (SSSR count). The molecule has 0 aliphatic rings.